The number of aryl methyl sites for hydroxylation is 1. The van der Waals surface area contributed by atoms with Crippen LogP contribution in [0.5, 0.6) is 0 Å². The van der Waals surface area contributed by atoms with Gasteiger partial charge in [-0.15, -0.1) is 0 Å². The average Bonchev–Trinajstić information content (AvgIpc) is 2.78. The van der Waals surface area contributed by atoms with Crippen LogP contribution in [0.4, 0.5) is 16.0 Å². The van der Waals surface area contributed by atoms with Gasteiger partial charge in [-0.1, -0.05) is 6.08 Å². The first-order chi connectivity index (χ1) is 15.0. The molecule has 6 nitrogen and oxygen atoms in total. The molecule has 154 valence electrons. The maximum Gasteiger partial charge on any atom is 0.227 e. The van der Waals surface area contributed by atoms with Crippen LogP contribution in [0.25, 0.3) is 11.3 Å². The van der Waals surface area contributed by atoms with Crippen molar-refractivity contribution in [3.05, 3.63) is 101 Å². The van der Waals surface area contributed by atoms with Crippen LogP contribution >= 0.6 is 0 Å². The first-order valence-corrected chi connectivity index (χ1v) is 9.59. The van der Waals surface area contributed by atoms with E-state index >= 15 is 0 Å². The number of rotatable bonds is 5. The predicted molar refractivity (Wildman–Crippen MR) is 119 cm³/mol. The molecule has 1 aromatic carbocycles. The second-order valence-corrected chi connectivity index (χ2v) is 6.88. The van der Waals surface area contributed by atoms with Crippen LogP contribution in [0.2, 0.25) is 0 Å². The number of hydrogen-bond donors (Lipinski definition) is 2. The summed E-state index contributed by atoms with van der Waals surface area (Å²) in [6.07, 6.45) is 8.74. The van der Waals surface area contributed by atoms with Gasteiger partial charge in [0.15, 0.2) is 0 Å². The van der Waals surface area contributed by atoms with Gasteiger partial charge in [-0.2, -0.15) is 0 Å². The summed E-state index contributed by atoms with van der Waals surface area (Å²) >= 11 is 0. The molecule has 0 radical (unpaired) electrons. The molecule has 0 bridgehead atoms. The van der Waals surface area contributed by atoms with Crippen molar-refractivity contribution in [3.8, 4) is 0 Å². The first kappa shape index (κ1) is 20.2. The van der Waals surface area contributed by atoms with Crippen molar-refractivity contribution >= 4 is 28.7 Å². The Morgan fingerprint density at radius 2 is 1.84 bits per heavy atom. The second-order valence-electron chi connectivity index (χ2n) is 6.88. The number of allylic oxidation sites excluding steroid dienone is 5. The van der Waals surface area contributed by atoms with E-state index in [0.29, 0.717) is 34.2 Å². The van der Waals surface area contributed by atoms with Crippen molar-refractivity contribution in [2.45, 2.75) is 6.92 Å². The largest absolute Gasteiger partial charge is 0.495 e. The zero-order valence-corrected chi connectivity index (χ0v) is 17.1. The fourth-order valence-electron chi connectivity index (χ4n) is 3.13. The van der Waals surface area contributed by atoms with E-state index in [0.717, 1.165) is 17.0 Å². The second kappa shape index (κ2) is 8.71. The Balaban J connectivity index is 1.69. The lowest BCUT2D eigenvalue weighted by molar-refractivity contribution is 0.369. The molecule has 0 amide bonds. The summed E-state index contributed by atoms with van der Waals surface area (Å²) in [5.41, 5.74) is 4.77. The van der Waals surface area contributed by atoms with E-state index in [-0.39, 0.29) is 5.82 Å². The van der Waals surface area contributed by atoms with Crippen LogP contribution in [0.15, 0.2) is 78.7 Å². The summed E-state index contributed by atoms with van der Waals surface area (Å²) in [6, 6.07) is 11.6. The monoisotopic (exact) mass is 413 g/mol. The van der Waals surface area contributed by atoms with Crippen LogP contribution in [-0.2, 0) is 4.74 Å². The predicted octanol–water partition coefficient (Wildman–Crippen LogP) is 5.09. The molecule has 0 atom stereocenters. The van der Waals surface area contributed by atoms with Gasteiger partial charge in [-0.25, -0.2) is 14.4 Å². The van der Waals surface area contributed by atoms with Gasteiger partial charge >= 0.3 is 0 Å². The van der Waals surface area contributed by atoms with Crippen LogP contribution in [0.3, 0.4) is 0 Å². The Labute approximate surface area is 179 Å². The Hall–Kier alpha value is -4.13. The number of nitrogens with one attached hydrogen (secondary N) is 2. The number of methoxy groups -OCH3 is 1. The molecule has 0 fully saturated rings. The minimum absolute atomic E-state index is 0.294. The molecule has 0 saturated carbocycles. The highest BCUT2D eigenvalue weighted by Crippen LogP contribution is 2.29. The molecule has 3 aromatic rings. The van der Waals surface area contributed by atoms with E-state index in [1.165, 1.54) is 19.2 Å². The zero-order valence-electron chi connectivity index (χ0n) is 17.1. The normalized spacial score (nSPS) is 14.8. The molecule has 31 heavy (non-hydrogen) atoms. The summed E-state index contributed by atoms with van der Waals surface area (Å²) in [6.45, 7) is 1.92. The summed E-state index contributed by atoms with van der Waals surface area (Å²) in [5, 5.41) is 11.5. The van der Waals surface area contributed by atoms with Crippen LogP contribution in [0, 0.1) is 18.2 Å². The lowest BCUT2D eigenvalue weighted by Gasteiger charge is -2.16. The van der Waals surface area contributed by atoms with E-state index in [2.05, 4.69) is 20.3 Å². The number of pyridine rings is 1. The molecule has 0 unspecified atom stereocenters. The van der Waals surface area contributed by atoms with Crippen molar-refractivity contribution < 1.29 is 9.13 Å². The fourth-order valence-corrected chi connectivity index (χ4v) is 3.13. The molecule has 4 rings (SSSR count). The molecule has 2 aromatic heterocycles. The highest BCUT2D eigenvalue weighted by Gasteiger charge is 2.17. The van der Waals surface area contributed by atoms with E-state index in [4.69, 9.17) is 10.1 Å². The third-order valence-electron chi connectivity index (χ3n) is 4.69. The Morgan fingerprint density at radius 3 is 2.55 bits per heavy atom. The standard InChI is InChI=1S/C24H20FN5O/c1-15-3-9-19(14-28-15)29-24-27-12-11-22(30-24)17-6-10-21(26)20(13-17)23(31-2)16-4-7-18(25)8-5-16/h3-14,26H,1-2H3,(H,27,29,30)/b23-20-,26-21?. The van der Waals surface area contributed by atoms with Gasteiger partial charge in [0.05, 0.1) is 30.4 Å². The molecule has 2 N–H and O–H groups in total. The Bertz CT molecular complexity index is 1210. The highest BCUT2D eigenvalue weighted by molar-refractivity contribution is 6.16. The van der Waals surface area contributed by atoms with Crippen molar-refractivity contribution in [3.63, 3.8) is 0 Å². The van der Waals surface area contributed by atoms with E-state index in [1.54, 1.807) is 36.7 Å². The van der Waals surface area contributed by atoms with Crippen LogP contribution < -0.4 is 5.32 Å². The summed E-state index contributed by atoms with van der Waals surface area (Å²) in [7, 11) is 1.53. The highest BCUT2D eigenvalue weighted by atomic mass is 19.1. The Morgan fingerprint density at radius 1 is 1.03 bits per heavy atom. The molecular formula is C24H20FN5O. The molecule has 7 heteroatoms. The summed E-state index contributed by atoms with van der Waals surface area (Å²) in [5.74, 6) is 0.600. The summed E-state index contributed by atoms with van der Waals surface area (Å²) < 4.78 is 18.9. The van der Waals surface area contributed by atoms with Gasteiger partial charge in [0.2, 0.25) is 5.95 Å². The number of aromatic nitrogens is 3. The number of anilines is 2. The molecule has 0 saturated heterocycles. The van der Waals surface area contributed by atoms with Crippen molar-refractivity contribution in [2.75, 3.05) is 12.4 Å². The van der Waals surface area contributed by atoms with Gasteiger partial charge in [-0.05, 0) is 61.5 Å². The SMILES string of the molecule is CO/C(=C1/C=C(c2ccnc(Nc3ccc(C)nc3)n2)C=CC1=N)c1ccc(F)cc1. The van der Waals surface area contributed by atoms with Gasteiger partial charge in [0.1, 0.15) is 11.6 Å². The van der Waals surface area contributed by atoms with Gasteiger partial charge in [0, 0.05) is 28.6 Å². The maximum atomic E-state index is 13.3. The number of nitrogens with zero attached hydrogens (tertiary/aromatic N) is 3. The third kappa shape index (κ3) is 4.56. The van der Waals surface area contributed by atoms with Crippen molar-refractivity contribution in [1.29, 1.82) is 5.41 Å². The zero-order chi connectivity index (χ0) is 21.8. The first-order valence-electron chi connectivity index (χ1n) is 9.59. The number of benzene rings is 1. The summed E-state index contributed by atoms with van der Waals surface area (Å²) in [4.78, 5) is 13.1. The van der Waals surface area contributed by atoms with Crippen LogP contribution in [0.1, 0.15) is 17.0 Å². The lowest BCUT2D eigenvalue weighted by Crippen LogP contribution is -2.07. The van der Waals surface area contributed by atoms with E-state index < -0.39 is 0 Å². The minimum Gasteiger partial charge on any atom is -0.495 e. The fraction of sp³-hybridized carbons (Fsp3) is 0.0833. The molecule has 1 aliphatic rings. The molecule has 2 heterocycles. The molecule has 0 aliphatic heterocycles. The third-order valence-corrected chi connectivity index (χ3v) is 4.69. The minimum atomic E-state index is -0.330. The maximum absolute atomic E-state index is 13.3. The van der Waals surface area contributed by atoms with E-state index in [1.807, 2.05) is 31.2 Å². The number of ether oxygens (including phenoxy) is 1. The molecule has 1 aliphatic carbocycles. The van der Waals surface area contributed by atoms with Crippen molar-refractivity contribution in [2.24, 2.45) is 0 Å². The molecular weight excluding hydrogens is 393 g/mol. The Kier molecular flexibility index (Phi) is 5.66. The molecule has 0 spiro atoms. The topological polar surface area (TPSA) is 83.8 Å². The van der Waals surface area contributed by atoms with Gasteiger partial charge in [0.25, 0.3) is 0 Å². The number of hydrogen-bond acceptors (Lipinski definition) is 6. The number of halogens is 1. The quantitative estimate of drug-likeness (QED) is 0.569. The lowest BCUT2D eigenvalue weighted by atomic mass is 9.95. The van der Waals surface area contributed by atoms with Crippen LogP contribution in [-0.4, -0.2) is 27.8 Å². The average molecular weight is 413 g/mol. The van der Waals surface area contributed by atoms with Crippen molar-refractivity contribution in [1.82, 2.24) is 15.0 Å². The smallest absolute Gasteiger partial charge is 0.227 e. The van der Waals surface area contributed by atoms with E-state index in [9.17, 15) is 4.39 Å². The van der Waals surface area contributed by atoms with Gasteiger partial charge in [-0.3, -0.25) is 4.98 Å². The van der Waals surface area contributed by atoms with Gasteiger partial charge < -0.3 is 15.5 Å².